The van der Waals surface area contributed by atoms with Crippen molar-refractivity contribution in [2.24, 2.45) is 0 Å². The zero-order chi connectivity index (χ0) is 15.4. The van der Waals surface area contributed by atoms with E-state index in [1.54, 1.807) is 0 Å². The Hall–Kier alpha value is -2.11. The van der Waals surface area contributed by atoms with Gasteiger partial charge in [-0.1, -0.05) is 12.8 Å². The van der Waals surface area contributed by atoms with E-state index in [1.165, 1.54) is 12.8 Å². The zero-order valence-corrected chi connectivity index (χ0v) is 12.8. The molecule has 0 bridgehead atoms. The van der Waals surface area contributed by atoms with Gasteiger partial charge in [0.25, 0.3) is 0 Å². The molecule has 0 spiro atoms. The second-order valence-electron chi connectivity index (χ2n) is 5.85. The molecular weight excluding hydrogens is 276 g/mol. The predicted molar refractivity (Wildman–Crippen MR) is 82.6 cm³/mol. The van der Waals surface area contributed by atoms with Crippen molar-refractivity contribution in [3.8, 4) is 12.1 Å². The van der Waals surface area contributed by atoms with Crippen LogP contribution in [0.5, 0.6) is 0 Å². The van der Waals surface area contributed by atoms with Gasteiger partial charge in [-0.25, -0.2) is 4.98 Å². The van der Waals surface area contributed by atoms with Gasteiger partial charge in [0.15, 0.2) is 0 Å². The Morgan fingerprint density at radius 3 is 2.27 bits per heavy atom. The quantitative estimate of drug-likeness (QED) is 0.795. The Balaban J connectivity index is 2.11. The number of nitrogens with zero attached hydrogens (tertiary/aromatic N) is 4. The molecule has 0 amide bonds. The first-order chi connectivity index (χ1) is 10.8. The van der Waals surface area contributed by atoms with E-state index < -0.39 is 0 Å². The molecule has 3 rings (SSSR count). The molecule has 0 N–H and O–H groups in total. The van der Waals surface area contributed by atoms with Crippen molar-refractivity contribution in [3.05, 3.63) is 22.4 Å². The molecule has 1 aromatic heterocycles. The van der Waals surface area contributed by atoms with E-state index in [1.807, 2.05) is 0 Å². The topological polar surface area (TPSA) is 72.9 Å². The van der Waals surface area contributed by atoms with Crippen molar-refractivity contribution in [2.45, 2.75) is 38.5 Å². The van der Waals surface area contributed by atoms with Crippen LogP contribution in [0.3, 0.4) is 0 Å². The summed E-state index contributed by atoms with van der Waals surface area (Å²) in [7, 11) is 0. The maximum Gasteiger partial charge on any atom is 0.148 e. The fraction of sp³-hybridized carbons (Fsp3) is 0.588. The number of hydrogen-bond donors (Lipinski definition) is 0. The average Bonchev–Trinajstić information content (AvgIpc) is 2.55. The van der Waals surface area contributed by atoms with Crippen LogP contribution >= 0.6 is 0 Å². The molecule has 5 nitrogen and oxygen atoms in total. The number of fused-ring (bicyclic) bond motifs is 1. The molecule has 114 valence electrons. The zero-order valence-electron chi connectivity index (χ0n) is 12.8. The highest BCUT2D eigenvalue weighted by Gasteiger charge is 2.24. The summed E-state index contributed by atoms with van der Waals surface area (Å²) < 4.78 is 5.38. The molecule has 2 heterocycles. The molecule has 1 saturated heterocycles. The molecule has 1 aliphatic heterocycles. The first-order valence-corrected chi connectivity index (χ1v) is 8.03. The van der Waals surface area contributed by atoms with E-state index in [0.29, 0.717) is 30.2 Å². The van der Waals surface area contributed by atoms with Gasteiger partial charge in [0.05, 0.1) is 18.8 Å². The monoisotopic (exact) mass is 296 g/mol. The highest BCUT2D eigenvalue weighted by atomic mass is 16.5. The summed E-state index contributed by atoms with van der Waals surface area (Å²) in [6, 6.07) is 4.51. The molecule has 2 aliphatic rings. The van der Waals surface area contributed by atoms with Gasteiger partial charge >= 0.3 is 0 Å². The van der Waals surface area contributed by atoms with E-state index in [-0.39, 0.29) is 0 Å². The number of pyridine rings is 1. The van der Waals surface area contributed by atoms with Gasteiger partial charge in [0.1, 0.15) is 23.5 Å². The minimum atomic E-state index is 0.448. The maximum atomic E-state index is 9.62. The minimum Gasteiger partial charge on any atom is -0.378 e. The van der Waals surface area contributed by atoms with Crippen LogP contribution in [0.25, 0.3) is 0 Å². The minimum absolute atomic E-state index is 0.448. The molecule has 0 atom stereocenters. The van der Waals surface area contributed by atoms with Gasteiger partial charge in [-0.05, 0) is 31.2 Å². The lowest BCUT2D eigenvalue weighted by atomic mass is 9.91. The molecule has 0 aromatic carbocycles. The van der Waals surface area contributed by atoms with Crippen molar-refractivity contribution in [1.82, 2.24) is 4.98 Å². The van der Waals surface area contributed by atoms with Crippen molar-refractivity contribution < 1.29 is 4.74 Å². The molecule has 1 fully saturated rings. The lowest BCUT2D eigenvalue weighted by molar-refractivity contribution is 0.122. The van der Waals surface area contributed by atoms with Crippen LogP contribution in [0.4, 0.5) is 5.82 Å². The van der Waals surface area contributed by atoms with Gasteiger partial charge in [-0.2, -0.15) is 10.5 Å². The Morgan fingerprint density at radius 1 is 0.909 bits per heavy atom. The second-order valence-corrected chi connectivity index (χ2v) is 5.85. The van der Waals surface area contributed by atoms with Gasteiger partial charge in [0, 0.05) is 18.8 Å². The van der Waals surface area contributed by atoms with E-state index in [2.05, 4.69) is 17.0 Å². The Labute approximate surface area is 131 Å². The number of morpholine rings is 1. The fourth-order valence-corrected chi connectivity index (χ4v) is 3.32. The van der Waals surface area contributed by atoms with Crippen LogP contribution < -0.4 is 4.90 Å². The summed E-state index contributed by atoms with van der Waals surface area (Å²) in [5, 5.41) is 19.2. The van der Waals surface area contributed by atoms with Crippen molar-refractivity contribution in [1.29, 1.82) is 10.5 Å². The SMILES string of the molecule is N#Cc1c(N2CCOCC2)nc2c(c1C#N)CCCCCC2. The third-order valence-corrected chi connectivity index (χ3v) is 4.49. The highest BCUT2D eigenvalue weighted by Crippen LogP contribution is 2.30. The number of ether oxygens (including phenoxy) is 1. The normalized spacial score (nSPS) is 18.5. The molecule has 1 aromatic rings. The van der Waals surface area contributed by atoms with E-state index in [4.69, 9.17) is 9.72 Å². The van der Waals surface area contributed by atoms with Crippen LogP contribution in [0.2, 0.25) is 0 Å². The van der Waals surface area contributed by atoms with Crippen LogP contribution in [0.1, 0.15) is 48.1 Å². The van der Waals surface area contributed by atoms with Gasteiger partial charge < -0.3 is 9.64 Å². The summed E-state index contributed by atoms with van der Waals surface area (Å²) in [5.74, 6) is 0.682. The van der Waals surface area contributed by atoms with Crippen LogP contribution in [-0.2, 0) is 17.6 Å². The Bertz CT molecular complexity index is 636. The summed E-state index contributed by atoms with van der Waals surface area (Å²) in [6.07, 6.45) is 6.37. The Kier molecular flexibility index (Phi) is 4.56. The van der Waals surface area contributed by atoms with Crippen molar-refractivity contribution >= 4 is 5.82 Å². The smallest absolute Gasteiger partial charge is 0.148 e. The number of rotatable bonds is 1. The van der Waals surface area contributed by atoms with Crippen LogP contribution in [0.15, 0.2) is 0 Å². The second kappa shape index (κ2) is 6.77. The molecule has 0 unspecified atom stereocenters. The van der Waals surface area contributed by atoms with Crippen molar-refractivity contribution in [3.63, 3.8) is 0 Å². The lowest BCUT2D eigenvalue weighted by Crippen LogP contribution is -2.37. The van der Waals surface area contributed by atoms with Crippen molar-refractivity contribution in [2.75, 3.05) is 31.2 Å². The first-order valence-electron chi connectivity index (χ1n) is 8.03. The fourth-order valence-electron chi connectivity index (χ4n) is 3.32. The molecule has 22 heavy (non-hydrogen) atoms. The van der Waals surface area contributed by atoms with Gasteiger partial charge in [0.2, 0.25) is 0 Å². The largest absolute Gasteiger partial charge is 0.378 e. The van der Waals surface area contributed by atoms with E-state index in [0.717, 1.165) is 50.0 Å². The maximum absolute atomic E-state index is 9.62. The summed E-state index contributed by atoms with van der Waals surface area (Å²) in [5.41, 5.74) is 3.03. The number of hydrogen-bond acceptors (Lipinski definition) is 5. The van der Waals surface area contributed by atoms with Crippen LogP contribution in [0, 0.1) is 22.7 Å². The van der Waals surface area contributed by atoms with Crippen LogP contribution in [-0.4, -0.2) is 31.3 Å². The van der Waals surface area contributed by atoms with Gasteiger partial charge in [-0.15, -0.1) is 0 Å². The third kappa shape index (κ3) is 2.77. The summed E-state index contributed by atoms with van der Waals surface area (Å²) in [6.45, 7) is 2.74. The Morgan fingerprint density at radius 2 is 1.59 bits per heavy atom. The molecular formula is C17H20N4O. The van der Waals surface area contributed by atoms with E-state index >= 15 is 0 Å². The van der Waals surface area contributed by atoms with E-state index in [9.17, 15) is 10.5 Å². The number of aromatic nitrogens is 1. The molecule has 0 saturated carbocycles. The average molecular weight is 296 g/mol. The predicted octanol–water partition coefficient (Wildman–Crippen LogP) is 2.32. The molecule has 0 radical (unpaired) electrons. The summed E-state index contributed by atoms with van der Waals surface area (Å²) >= 11 is 0. The third-order valence-electron chi connectivity index (χ3n) is 4.49. The summed E-state index contributed by atoms with van der Waals surface area (Å²) in [4.78, 5) is 6.90. The first kappa shape index (κ1) is 14.8. The number of aryl methyl sites for hydroxylation is 1. The lowest BCUT2D eigenvalue weighted by Gasteiger charge is -2.30. The molecule has 5 heteroatoms. The molecule has 1 aliphatic carbocycles. The number of nitriles is 2. The van der Waals surface area contributed by atoms with Gasteiger partial charge in [-0.3, -0.25) is 0 Å². The highest BCUT2D eigenvalue weighted by molar-refractivity contribution is 5.65. The standard InChI is InChI=1S/C17H20N4O/c18-11-14-13-5-3-1-2-4-6-16(13)20-17(15(14)12-19)21-7-9-22-10-8-21/h1-10H2. The number of anilines is 1.